The van der Waals surface area contributed by atoms with E-state index in [-0.39, 0.29) is 23.5 Å². The second-order valence-corrected chi connectivity index (χ2v) is 7.55. The Kier molecular flexibility index (Phi) is 3.20. The van der Waals surface area contributed by atoms with E-state index in [4.69, 9.17) is 4.52 Å². The van der Waals surface area contributed by atoms with Crippen LogP contribution in [0.15, 0.2) is 16.8 Å². The number of carbonyl (C=O) groups is 1. The summed E-state index contributed by atoms with van der Waals surface area (Å²) in [6.45, 7) is 1.77. The number of sulfone groups is 1. The Labute approximate surface area is 121 Å². The first-order chi connectivity index (χ1) is 9.87. The van der Waals surface area contributed by atoms with Crippen molar-refractivity contribution in [2.45, 2.75) is 19.4 Å². The first-order valence-corrected chi connectivity index (χ1v) is 8.39. The van der Waals surface area contributed by atoms with E-state index < -0.39 is 9.84 Å². The van der Waals surface area contributed by atoms with Crippen LogP contribution >= 0.6 is 0 Å². The highest BCUT2D eigenvalue weighted by atomic mass is 32.2. The maximum absolute atomic E-state index is 12.5. The number of rotatable bonds is 2. The summed E-state index contributed by atoms with van der Waals surface area (Å²) in [5.74, 6) is -0.0822. The minimum Gasteiger partial charge on any atom is -0.338 e. The number of hydrogen-bond acceptors (Lipinski definition) is 6. The molecule has 3 rings (SSSR count). The Balaban J connectivity index is 1.87. The zero-order valence-electron chi connectivity index (χ0n) is 11.7. The molecule has 1 atom stereocenters. The number of amides is 1. The first kappa shape index (κ1) is 14.0. The maximum atomic E-state index is 12.5. The molecule has 2 aromatic heterocycles. The smallest absolute Gasteiger partial charge is 0.257 e. The molecule has 1 fully saturated rings. The number of hydrogen-bond donors (Lipinski definition) is 0. The number of carbonyl (C=O) groups excluding carboxylic acids is 1. The lowest BCUT2D eigenvalue weighted by Gasteiger charge is -2.23. The van der Waals surface area contributed by atoms with Gasteiger partial charge in [0.2, 0.25) is 0 Å². The van der Waals surface area contributed by atoms with Crippen LogP contribution in [0.2, 0.25) is 0 Å². The van der Waals surface area contributed by atoms with E-state index in [0.29, 0.717) is 28.8 Å². The third-order valence-electron chi connectivity index (χ3n) is 3.83. The predicted molar refractivity (Wildman–Crippen MR) is 75.7 cm³/mol. The molecule has 0 aromatic carbocycles. The number of aryl methyl sites for hydroxylation is 1. The minimum absolute atomic E-state index is 0.0250. The van der Waals surface area contributed by atoms with Crippen molar-refractivity contribution < 1.29 is 17.7 Å². The lowest BCUT2D eigenvalue weighted by Crippen LogP contribution is -2.37. The Bertz CT molecular complexity index is 812. The minimum atomic E-state index is -3.02. The molecule has 1 saturated heterocycles. The van der Waals surface area contributed by atoms with E-state index in [1.165, 1.54) is 11.1 Å². The molecule has 1 aliphatic rings. The lowest BCUT2D eigenvalue weighted by molar-refractivity contribution is 0.0747. The molecule has 0 N–H and O–H groups in total. The molecule has 0 spiro atoms. The van der Waals surface area contributed by atoms with E-state index in [1.807, 2.05) is 0 Å². The third-order valence-corrected chi connectivity index (χ3v) is 5.58. The number of fused-ring (bicyclic) bond motifs is 1. The van der Waals surface area contributed by atoms with Crippen LogP contribution in [0.25, 0.3) is 11.1 Å². The SMILES string of the molecule is Cc1noc2ncc(C(=O)N(C)[C@@H]3CCS(=O)(=O)C3)cc12. The second kappa shape index (κ2) is 4.80. The van der Waals surface area contributed by atoms with Gasteiger partial charge in [0.05, 0.1) is 28.1 Å². The standard InChI is InChI=1S/C13H15N3O4S/c1-8-11-5-9(6-14-12(11)20-15-8)13(17)16(2)10-3-4-21(18,19)7-10/h5-6,10H,3-4,7H2,1-2H3/t10-/m1/s1. The molecule has 0 aliphatic carbocycles. The van der Waals surface area contributed by atoms with Crippen LogP contribution in [0.1, 0.15) is 22.5 Å². The summed E-state index contributed by atoms with van der Waals surface area (Å²) in [7, 11) is -1.40. The fraction of sp³-hybridized carbons (Fsp3) is 0.462. The van der Waals surface area contributed by atoms with Crippen LogP contribution in [-0.4, -0.2) is 54.0 Å². The fourth-order valence-electron chi connectivity index (χ4n) is 2.51. The van der Waals surface area contributed by atoms with Crippen LogP contribution in [0, 0.1) is 6.92 Å². The summed E-state index contributed by atoms with van der Waals surface area (Å²) in [5.41, 5.74) is 1.45. The van der Waals surface area contributed by atoms with Crippen molar-refractivity contribution in [1.29, 1.82) is 0 Å². The molecule has 0 saturated carbocycles. The molecule has 112 valence electrons. The highest BCUT2D eigenvalue weighted by Gasteiger charge is 2.33. The van der Waals surface area contributed by atoms with Gasteiger partial charge in [0.15, 0.2) is 9.84 Å². The molecule has 1 aliphatic heterocycles. The molecule has 0 bridgehead atoms. The van der Waals surface area contributed by atoms with Gasteiger partial charge in [-0.25, -0.2) is 13.4 Å². The predicted octanol–water partition coefficient (Wildman–Crippen LogP) is 0.790. The molecule has 8 heteroatoms. The fourth-order valence-corrected chi connectivity index (χ4v) is 4.29. The molecule has 0 unspecified atom stereocenters. The van der Waals surface area contributed by atoms with Gasteiger partial charge in [-0.3, -0.25) is 4.79 Å². The molecule has 7 nitrogen and oxygen atoms in total. The van der Waals surface area contributed by atoms with E-state index in [9.17, 15) is 13.2 Å². The summed E-state index contributed by atoms with van der Waals surface area (Å²) in [5, 5.41) is 4.48. The monoisotopic (exact) mass is 309 g/mol. The Hall–Kier alpha value is -1.96. The van der Waals surface area contributed by atoms with Gasteiger partial charge in [0.1, 0.15) is 0 Å². The zero-order valence-corrected chi connectivity index (χ0v) is 12.6. The van der Waals surface area contributed by atoms with E-state index in [1.54, 1.807) is 20.0 Å². The lowest BCUT2D eigenvalue weighted by atomic mass is 10.1. The van der Waals surface area contributed by atoms with Crippen molar-refractivity contribution in [3.8, 4) is 0 Å². The molecular weight excluding hydrogens is 294 g/mol. The summed E-state index contributed by atoms with van der Waals surface area (Å²) >= 11 is 0. The van der Waals surface area contributed by atoms with Crippen molar-refractivity contribution in [2.24, 2.45) is 0 Å². The summed E-state index contributed by atoms with van der Waals surface area (Å²) in [6, 6.07) is 1.40. The van der Waals surface area contributed by atoms with Crippen LogP contribution in [0.4, 0.5) is 0 Å². The normalized spacial score (nSPS) is 20.8. The van der Waals surface area contributed by atoms with Crippen LogP contribution in [-0.2, 0) is 9.84 Å². The summed E-state index contributed by atoms with van der Waals surface area (Å²) in [6.07, 6.45) is 1.90. The second-order valence-electron chi connectivity index (χ2n) is 5.32. The number of nitrogens with zero attached hydrogens (tertiary/aromatic N) is 3. The van der Waals surface area contributed by atoms with Gasteiger partial charge in [-0.05, 0) is 19.4 Å². The van der Waals surface area contributed by atoms with Crippen molar-refractivity contribution in [1.82, 2.24) is 15.0 Å². The summed E-state index contributed by atoms with van der Waals surface area (Å²) in [4.78, 5) is 18.0. The van der Waals surface area contributed by atoms with Gasteiger partial charge >= 0.3 is 0 Å². The molecule has 2 aromatic rings. The van der Waals surface area contributed by atoms with Gasteiger partial charge in [0.25, 0.3) is 11.6 Å². The van der Waals surface area contributed by atoms with Crippen molar-refractivity contribution >= 4 is 26.8 Å². The highest BCUT2D eigenvalue weighted by molar-refractivity contribution is 7.91. The maximum Gasteiger partial charge on any atom is 0.257 e. The average Bonchev–Trinajstić information content (AvgIpc) is 3.00. The van der Waals surface area contributed by atoms with Gasteiger partial charge in [0, 0.05) is 19.3 Å². The Morgan fingerprint density at radius 3 is 2.90 bits per heavy atom. The third kappa shape index (κ3) is 2.51. The zero-order chi connectivity index (χ0) is 15.2. The quantitative estimate of drug-likeness (QED) is 0.814. The van der Waals surface area contributed by atoms with Gasteiger partial charge < -0.3 is 9.42 Å². The Morgan fingerprint density at radius 2 is 2.24 bits per heavy atom. The highest BCUT2D eigenvalue weighted by Crippen LogP contribution is 2.21. The van der Waals surface area contributed by atoms with E-state index in [0.717, 1.165) is 0 Å². The summed E-state index contributed by atoms with van der Waals surface area (Å²) < 4.78 is 28.0. The van der Waals surface area contributed by atoms with E-state index in [2.05, 4.69) is 10.1 Å². The van der Waals surface area contributed by atoms with Crippen molar-refractivity contribution in [3.05, 3.63) is 23.5 Å². The molecular formula is C13H15N3O4S. The number of aromatic nitrogens is 2. The molecule has 21 heavy (non-hydrogen) atoms. The van der Waals surface area contributed by atoms with Crippen LogP contribution in [0.3, 0.4) is 0 Å². The van der Waals surface area contributed by atoms with Crippen LogP contribution < -0.4 is 0 Å². The molecule has 1 amide bonds. The van der Waals surface area contributed by atoms with Crippen LogP contribution in [0.5, 0.6) is 0 Å². The number of pyridine rings is 1. The topological polar surface area (TPSA) is 93.4 Å². The van der Waals surface area contributed by atoms with E-state index >= 15 is 0 Å². The largest absolute Gasteiger partial charge is 0.338 e. The van der Waals surface area contributed by atoms with Gasteiger partial charge in [-0.1, -0.05) is 5.16 Å². The van der Waals surface area contributed by atoms with Crippen molar-refractivity contribution in [3.63, 3.8) is 0 Å². The Morgan fingerprint density at radius 1 is 1.48 bits per heavy atom. The molecule has 3 heterocycles. The van der Waals surface area contributed by atoms with Gasteiger partial charge in [-0.2, -0.15) is 0 Å². The van der Waals surface area contributed by atoms with Gasteiger partial charge in [-0.15, -0.1) is 0 Å². The molecule has 0 radical (unpaired) electrons. The van der Waals surface area contributed by atoms with Crippen molar-refractivity contribution in [2.75, 3.05) is 18.6 Å². The first-order valence-electron chi connectivity index (χ1n) is 6.57. The average molecular weight is 309 g/mol.